The molecular formula is C22H26N4O5S. The molecular weight excluding hydrogens is 432 g/mol. The van der Waals surface area contributed by atoms with Crippen LogP contribution in [-0.2, 0) is 14.8 Å². The Hall–Kier alpha value is -2.95. The maximum atomic E-state index is 13.0. The summed E-state index contributed by atoms with van der Waals surface area (Å²) in [5.74, 6) is -0.370. The van der Waals surface area contributed by atoms with E-state index in [4.69, 9.17) is 4.74 Å². The Balaban J connectivity index is 1.46. The predicted octanol–water partition coefficient (Wildman–Crippen LogP) is 2.27. The molecule has 0 radical (unpaired) electrons. The minimum Gasteiger partial charge on any atom is -0.373 e. The first-order chi connectivity index (χ1) is 15.2. The van der Waals surface area contributed by atoms with Crippen molar-refractivity contribution in [3.8, 4) is 0 Å². The highest BCUT2D eigenvalue weighted by molar-refractivity contribution is 7.89. The van der Waals surface area contributed by atoms with Crippen molar-refractivity contribution in [2.75, 3.05) is 36.4 Å². The number of anilines is 2. The fraction of sp³-hybridized carbons (Fsp3) is 0.364. The van der Waals surface area contributed by atoms with E-state index in [1.165, 1.54) is 28.6 Å². The number of benzene rings is 2. The second kappa shape index (κ2) is 8.89. The van der Waals surface area contributed by atoms with Crippen LogP contribution in [0.2, 0.25) is 0 Å². The van der Waals surface area contributed by atoms with Crippen LogP contribution in [0.1, 0.15) is 24.2 Å². The molecule has 4 rings (SSSR count). The molecule has 9 nitrogen and oxygen atoms in total. The molecule has 2 aliphatic rings. The van der Waals surface area contributed by atoms with Gasteiger partial charge in [0.05, 0.1) is 17.1 Å². The zero-order valence-corrected chi connectivity index (χ0v) is 18.8. The van der Waals surface area contributed by atoms with Gasteiger partial charge in [0.2, 0.25) is 10.0 Å². The molecule has 2 atom stereocenters. The van der Waals surface area contributed by atoms with Crippen molar-refractivity contribution in [1.82, 2.24) is 9.62 Å². The highest BCUT2D eigenvalue weighted by Crippen LogP contribution is 2.23. The smallest absolute Gasteiger partial charge is 0.321 e. The Morgan fingerprint density at radius 2 is 1.78 bits per heavy atom. The van der Waals surface area contributed by atoms with E-state index in [1.807, 2.05) is 13.8 Å². The fourth-order valence-corrected chi connectivity index (χ4v) is 5.52. The summed E-state index contributed by atoms with van der Waals surface area (Å²) < 4.78 is 33.0. The summed E-state index contributed by atoms with van der Waals surface area (Å²) in [7, 11) is -3.67. The topological polar surface area (TPSA) is 108 Å². The van der Waals surface area contributed by atoms with Crippen LogP contribution in [-0.4, -0.2) is 63.0 Å². The van der Waals surface area contributed by atoms with Crippen LogP contribution < -0.4 is 15.5 Å². The first kappa shape index (κ1) is 22.3. The number of nitrogens with one attached hydrogen (secondary N) is 2. The highest BCUT2D eigenvalue weighted by Gasteiger charge is 2.32. The first-order valence-electron chi connectivity index (χ1n) is 10.5. The molecule has 170 valence electrons. The number of rotatable bonds is 5. The van der Waals surface area contributed by atoms with Gasteiger partial charge in [0, 0.05) is 43.1 Å². The number of carbonyl (C=O) groups excluding carboxylic acids is 2. The van der Waals surface area contributed by atoms with Gasteiger partial charge in [0.15, 0.2) is 0 Å². The molecule has 0 unspecified atom stereocenters. The molecule has 32 heavy (non-hydrogen) atoms. The van der Waals surface area contributed by atoms with Crippen LogP contribution in [0.25, 0.3) is 0 Å². The summed E-state index contributed by atoms with van der Waals surface area (Å²) in [6.07, 6.45) is -0.359. The summed E-state index contributed by atoms with van der Waals surface area (Å²) in [5.41, 5.74) is 1.56. The van der Waals surface area contributed by atoms with Crippen molar-refractivity contribution < 1.29 is 22.7 Å². The number of nitrogens with zero attached hydrogens (tertiary/aromatic N) is 2. The zero-order chi connectivity index (χ0) is 22.9. The molecule has 2 N–H and O–H groups in total. The Morgan fingerprint density at radius 1 is 1.09 bits per heavy atom. The maximum Gasteiger partial charge on any atom is 0.321 e. The van der Waals surface area contributed by atoms with Crippen molar-refractivity contribution in [2.45, 2.75) is 31.0 Å². The zero-order valence-electron chi connectivity index (χ0n) is 17.9. The predicted molar refractivity (Wildman–Crippen MR) is 120 cm³/mol. The SMILES string of the molecule is C[C@@H]1CN(S(=O)(=O)c2ccc(C(=O)Nc3cccc(N4CCNC4=O)c3)cc2)C[C@H](C)O1. The molecule has 2 saturated heterocycles. The van der Waals surface area contributed by atoms with Crippen LogP contribution >= 0.6 is 0 Å². The van der Waals surface area contributed by atoms with Gasteiger partial charge in [0.1, 0.15) is 0 Å². The van der Waals surface area contributed by atoms with Crippen LogP contribution in [0.3, 0.4) is 0 Å². The second-order valence-corrected chi connectivity index (χ2v) is 9.93. The summed E-state index contributed by atoms with van der Waals surface area (Å²) in [4.78, 5) is 26.3. The molecule has 10 heteroatoms. The van der Waals surface area contributed by atoms with E-state index in [2.05, 4.69) is 10.6 Å². The van der Waals surface area contributed by atoms with Crippen LogP contribution in [0.4, 0.5) is 16.2 Å². The van der Waals surface area contributed by atoms with Crippen molar-refractivity contribution in [1.29, 1.82) is 0 Å². The third-order valence-electron chi connectivity index (χ3n) is 5.41. The van der Waals surface area contributed by atoms with Gasteiger partial charge in [-0.2, -0.15) is 4.31 Å². The van der Waals surface area contributed by atoms with Crippen molar-refractivity contribution >= 4 is 33.3 Å². The normalized spacial score (nSPS) is 21.9. The number of morpholine rings is 1. The third-order valence-corrected chi connectivity index (χ3v) is 7.26. The van der Waals surface area contributed by atoms with Gasteiger partial charge >= 0.3 is 6.03 Å². The summed E-state index contributed by atoms with van der Waals surface area (Å²) in [6.45, 7) is 5.41. The number of ether oxygens (including phenoxy) is 1. The summed E-state index contributed by atoms with van der Waals surface area (Å²) >= 11 is 0. The molecule has 2 fully saturated rings. The Bertz CT molecular complexity index is 1110. The molecule has 0 aliphatic carbocycles. The van der Waals surface area contributed by atoms with Crippen LogP contribution in [0.5, 0.6) is 0 Å². The standard InChI is InChI=1S/C22H26N4O5S/c1-15-13-25(14-16(2)31-15)32(29,30)20-8-6-17(7-9-20)21(27)24-18-4-3-5-19(12-18)26-11-10-23-22(26)28/h3-9,12,15-16H,10-11,13-14H2,1-2H3,(H,23,28)(H,24,27)/t15-,16+. The van der Waals surface area contributed by atoms with E-state index < -0.39 is 10.0 Å². The van der Waals surface area contributed by atoms with Crippen molar-refractivity contribution in [2.24, 2.45) is 0 Å². The van der Waals surface area contributed by atoms with Gasteiger partial charge in [-0.3, -0.25) is 9.69 Å². The van der Waals surface area contributed by atoms with E-state index >= 15 is 0 Å². The number of amides is 3. The minimum atomic E-state index is -3.67. The van der Waals surface area contributed by atoms with Crippen LogP contribution in [0, 0.1) is 0 Å². The average molecular weight is 459 g/mol. The van der Waals surface area contributed by atoms with E-state index in [1.54, 1.807) is 29.2 Å². The monoisotopic (exact) mass is 458 g/mol. The van der Waals surface area contributed by atoms with Gasteiger partial charge in [-0.05, 0) is 56.3 Å². The van der Waals surface area contributed by atoms with Gasteiger partial charge in [-0.25, -0.2) is 13.2 Å². The number of hydrogen-bond acceptors (Lipinski definition) is 5. The van der Waals surface area contributed by atoms with E-state index in [0.29, 0.717) is 43.1 Å². The lowest BCUT2D eigenvalue weighted by Crippen LogP contribution is -2.48. The summed E-state index contributed by atoms with van der Waals surface area (Å²) in [6, 6.07) is 12.7. The molecule has 2 aromatic carbocycles. The molecule has 0 bridgehead atoms. The van der Waals surface area contributed by atoms with Gasteiger partial charge in [-0.15, -0.1) is 0 Å². The highest BCUT2D eigenvalue weighted by atomic mass is 32.2. The lowest BCUT2D eigenvalue weighted by Gasteiger charge is -2.34. The molecule has 0 saturated carbocycles. The van der Waals surface area contributed by atoms with Crippen molar-refractivity contribution in [3.05, 3.63) is 54.1 Å². The first-order valence-corrected chi connectivity index (χ1v) is 11.9. The summed E-state index contributed by atoms with van der Waals surface area (Å²) in [5, 5.41) is 5.54. The van der Waals surface area contributed by atoms with Gasteiger partial charge < -0.3 is 15.4 Å². The van der Waals surface area contributed by atoms with E-state index in [9.17, 15) is 18.0 Å². The lowest BCUT2D eigenvalue weighted by molar-refractivity contribution is -0.0440. The Morgan fingerprint density at radius 3 is 2.41 bits per heavy atom. The largest absolute Gasteiger partial charge is 0.373 e. The molecule has 2 heterocycles. The lowest BCUT2D eigenvalue weighted by atomic mass is 10.2. The average Bonchev–Trinajstić information content (AvgIpc) is 3.19. The van der Waals surface area contributed by atoms with Crippen LogP contribution in [0.15, 0.2) is 53.4 Å². The maximum absolute atomic E-state index is 13.0. The van der Waals surface area contributed by atoms with Gasteiger partial charge in [-0.1, -0.05) is 6.07 Å². The second-order valence-electron chi connectivity index (χ2n) is 7.99. The number of sulfonamides is 1. The fourth-order valence-electron chi connectivity index (χ4n) is 3.93. The van der Waals surface area contributed by atoms with Crippen molar-refractivity contribution in [3.63, 3.8) is 0 Å². The number of carbonyl (C=O) groups is 2. The number of hydrogen-bond donors (Lipinski definition) is 2. The van der Waals surface area contributed by atoms with E-state index in [0.717, 1.165) is 0 Å². The Labute approximate surface area is 187 Å². The molecule has 0 spiro atoms. The molecule has 0 aromatic heterocycles. The molecule has 2 aliphatic heterocycles. The van der Waals surface area contributed by atoms with E-state index in [-0.39, 0.29) is 29.0 Å². The van der Waals surface area contributed by atoms with Gasteiger partial charge in [0.25, 0.3) is 5.91 Å². The molecule has 3 amide bonds. The third kappa shape index (κ3) is 4.62. The molecule has 2 aromatic rings. The Kier molecular flexibility index (Phi) is 6.18. The quantitative estimate of drug-likeness (QED) is 0.715. The minimum absolute atomic E-state index is 0.136. The number of urea groups is 1.